The van der Waals surface area contributed by atoms with Crippen LogP contribution in [0.4, 0.5) is 0 Å². The highest BCUT2D eigenvalue weighted by Gasteiger charge is 2.68. The Hall–Kier alpha value is -1.97. The molecule has 0 aromatic heterocycles. The van der Waals surface area contributed by atoms with Crippen LogP contribution in [0.2, 0.25) is 0 Å². The SMILES string of the molecule is CC1(C(=O)NNC(=O)COc2ccc(C#N)cc2)CC1(Cl)Cl. The zero-order valence-corrected chi connectivity index (χ0v) is 13.2. The van der Waals surface area contributed by atoms with E-state index in [-0.39, 0.29) is 6.61 Å². The summed E-state index contributed by atoms with van der Waals surface area (Å²) >= 11 is 11.7. The van der Waals surface area contributed by atoms with Crippen molar-refractivity contribution in [1.82, 2.24) is 10.9 Å². The van der Waals surface area contributed by atoms with Gasteiger partial charge in [0.2, 0.25) is 5.91 Å². The number of alkyl halides is 2. The highest BCUT2D eigenvalue weighted by molar-refractivity contribution is 6.53. The van der Waals surface area contributed by atoms with Crippen molar-refractivity contribution in [2.75, 3.05) is 6.61 Å². The average Bonchev–Trinajstić information content (AvgIpc) is 3.03. The summed E-state index contributed by atoms with van der Waals surface area (Å²) in [4.78, 5) is 23.4. The van der Waals surface area contributed by atoms with Crippen LogP contribution in [0, 0.1) is 16.7 Å². The molecule has 116 valence electrons. The summed E-state index contributed by atoms with van der Waals surface area (Å²) in [7, 11) is 0. The summed E-state index contributed by atoms with van der Waals surface area (Å²) in [6.07, 6.45) is 0.326. The second-order valence-corrected chi connectivity index (χ2v) is 6.62. The molecule has 0 radical (unpaired) electrons. The van der Waals surface area contributed by atoms with Gasteiger partial charge in [-0.25, -0.2) is 0 Å². The van der Waals surface area contributed by atoms with Crippen LogP contribution in [0.15, 0.2) is 24.3 Å². The predicted molar refractivity (Wildman–Crippen MR) is 80.1 cm³/mol. The topological polar surface area (TPSA) is 91.2 Å². The average molecular weight is 342 g/mol. The van der Waals surface area contributed by atoms with Crippen molar-refractivity contribution in [1.29, 1.82) is 5.26 Å². The summed E-state index contributed by atoms with van der Waals surface area (Å²) in [6, 6.07) is 8.27. The normalized spacial score (nSPS) is 21.4. The van der Waals surface area contributed by atoms with Gasteiger partial charge in [0.25, 0.3) is 5.91 Å². The number of halogens is 2. The summed E-state index contributed by atoms with van der Waals surface area (Å²) in [5.41, 5.74) is 4.08. The van der Waals surface area contributed by atoms with Gasteiger partial charge in [0, 0.05) is 0 Å². The molecule has 2 amide bonds. The number of carbonyl (C=O) groups is 2. The molecule has 1 fully saturated rings. The van der Waals surface area contributed by atoms with Gasteiger partial charge in [-0.3, -0.25) is 20.4 Å². The predicted octanol–water partition coefficient (Wildman–Crippen LogP) is 1.67. The first-order valence-electron chi connectivity index (χ1n) is 6.38. The van der Waals surface area contributed by atoms with E-state index >= 15 is 0 Å². The van der Waals surface area contributed by atoms with E-state index in [9.17, 15) is 9.59 Å². The molecule has 1 aromatic rings. The van der Waals surface area contributed by atoms with Crippen LogP contribution >= 0.6 is 23.2 Å². The second-order valence-electron chi connectivity index (χ2n) is 5.14. The van der Waals surface area contributed by atoms with Crippen LogP contribution in [0.25, 0.3) is 0 Å². The molecule has 1 aliphatic rings. The maximum absolute atomic E-state index is 11.8. The van der Waals surface area contributed by atoms with Gasteiger partial charge in [0.15, 0.2) is 6.61 Å². The Morgan fingerprint density at radius 2 is 1.91 bits per heavy atom. The zero-order chi connectivity index (χ0) is 16.4. The van der Waals surface area contributed by atoms with E-state index in [1.807, 2.05) is 6.07 Å². The number of carbonyl (C=O) groups excluding carboxylic acids is 2. The van der Waals surface area contributed by atoms with Gasteiger partial charge in [-0.1, -0.05) is 0 Å². The summed E-state index contributed by atoms with van der Waals surface area (Å²) < 4.78 is 4.12. The number of rotatable bonds is 4. The van der Waals surface area contributed by atoms with Crippen LogP contribution < -0.4 is 15.6 Å². The molecule has 2 N–H and O–H groups in total. The standard InChI is InChI=1S/C14H13Cl2N3O3/c1-13(8-14(13,15)16)12(21)19-18-11(20)7-22-10-4-2-9(6-17)3-5-10/h2-5H,7-8H2,1H3,(H,18,20)(H,19,21). The molecule has 1 saturated carbocycles. The number of nitrogens with one attached hydrogen (secondary N) is 2. The van der Waals surface area contributed by atoms with Gasteiger partial charge in [0.05, 0.1) is 17.0 Å². The fourth-order valence-corrected chi connectivity index (χ4v) is 2.43. The lowest BCUT2D eigenvalue weighted by Crippen LogP contribution is -2.47. The Morgan fingerprint density at radius 3 is 2.41 bits per heavy atom. The number of hydrazine groups is 1. The number of hydrogen-bond acceptors (Lipinski definition) is 4. The number of nitrogens with zero attached hydrogens (tertiary/aromatic N) is 1. The second kappa shape index (κ2) is 6.03. The Kier molecular flexibility index (Phi) is 4.50. The van der Waals surface area contributed by atoms with Crippen LogP contribution in [0.3, 0.4) is 0 Å². The summed E-state index contributed by atoms with van der Waals surface area (Å²) in [5, 5.41) is 8.66. The monoisotopic (exact) mass is 341 g/mol. The molecule has 6 nitrogen and oxygen atoms in total. The largest absolute Gasteiger partial charge is 0.484 e. The molecular formula is C14H13Cl2N3O3. The van der Waals surface area contributed by atoms with Crippen LogP contribution in [0.5, 0.6) is 5.75 Å². The minimum absolute atomic E-state index is 0.282. The van der Waals surface area contributed by atoms with E-state index in [0.717, 1.165) is 0 Å². The molecule has 22 heavy (non-hydrogen) atoms. The summed E-state index contributed by atoms with van der Waals surface area (Å²) in [5.74, 6) is -0.545. The number of amides is 2. The van der Waals surface area contributed by atoms with Crippen LogP contribution in [-0.2, 0) is 9.59 Å². The molecule has 0 spiro atoms. The quantitative estimate of drug-likeness (QED) is 0.643. The van der Waals surface area contributed by atoms with Crippen molar-refractivity contribution in [3.05, 3.63) is 29.8 Å². The molecule has 0 saturated heterocycles. The summed E-state index contributed by atoms with van der Waals surface area (Å²) in [6.45, 7) is 1.33. The first-order valence-corrected chi connectivity index (χ1v) is 7.14. The smallest absolute Gasteiger partial charge is 0.276 e. The van der Waals surface area contributed by atoms with Gasteiger partial charge in [-0.2, -0.15) is 5.26 Å². The third-order valence-corrected chi connectivity index (χ3v) is 4.53. The van der Waals surface area contributed by atoms with Crippen molar-refractivity contribution in [3.8, 4) is 11.8 Å². The van der Waals surface area contributed by atoms with Gasteiger partial charge in [-0.05, 0) is 37.6 Å². The molecule has 0 heterocycles. The Morgan fingerprint density at radius 1 is 1.32 bits per heavy atom. The number of nitriles is 1. The lowest BCUT2D eigenvalue weighted by atomic mass is 10.1. The van der Waals surface area contributed by atoms with Crippen molar-refractivity contribution < 1.29 is 14.3 Å². The lowest BCUT2D eigenvalue weighted by Gasteiger charge is -2.13. The molecule has 0 aliphatic heterocycles. The van der Waals surface area contributed by atoms with Crippen molar-refractivity contribution in [2.24, 2.45) is 5.41 Å². The lowest BCUT2D eigenvalue weighted by molar-refractivity contribution is -0.132. The van der Waals surface area contributed by atoms with Crippen molar-refractivity contribution in [2.45, 2.75) is 17.7 Å². The minimum atomic E-state index is -1.10. The molecular weight excluding hydrogens is 329 g/mol. The van der Waals surface area contributed by atoms with E-state index < -0.39 is 21.6 Å². The van der Waals surface area contributed by atoms with E-state index in [4.69, 9.17) is 33.2 Å². The fraction of sp³-hybridized carbons (Fsp3) is 0.357. The molecule has 2 rings (SSSR count). The Bertz CT molecular complexity index is 640. The molecule has 1 aromatic carbocycles. The highest BCUT2D eigenvalue weighted by Crippen LogP contribution is 2.63. The molecule has 0 bridgehead atoms. The fourth-order valence-electron chi connectivity index (χ4n) is 1.72. The first-order chi connectivity index (χ1) is 10.3. The molecule has 8 heteroatoms. The maximum Gasteiger partial charge on any atom is 0.276 e. The first kappa shape index (κ1) is 16.4. The number of benzene rings is 1. The zero-order valence-electron chi connectivity index (χ0n) is 11.7. The molecule has 1 unspecified atom stereocenters. The van der Waals surface area contributed by atoms with Gasteiger partial charge < -0.3 is 4.74 Å². The minimum Gasteiger partial charge on any atom is -0.484 e. The van der Waals surface area contributed by atoms with Crippen LogP contribution in [0.1, 0.15) is 18.9 Å². The number of hydrogen-bond donors (Lipinski definition) is 2. The van der Waals surface area contributed by atoms with Crippen molar-refractivity contribution in [3.63, 3.8) is 0 Å². The maximum atomic E-state index is 11.8. The Balaban J connectivity index is 1.74. The van der Waals surface area contributed by atoms with E-state index in [1.54, 1.807) is 31.2 Å². The molecule has 1 atom stereocenters. The van der Waals surface area contributed by atoms with E-state index in [2.05, 4.69) is 10.9 Å². The molecule has 1 aliphatic carbocycles. The van der Waals surface area contributed by atoms with Gasteiger partial charge in [0.1, 0.15) is 10.1 Å². The third kappa shape index (κ3) is 3.43. The third-order valence-electron chi connectivity index (χ3n) is 3.43. The highest BCUT2D eigenvalue weighted by atomic mass is 35.5. The van der Waals surface area contributed by atoms with Gasteiger partial charge >= 0.3 is 0 Å². The van der Waals surface area contributed by atoms with Crippen molar-refractivity contribution >= 4 is 35.0 Å². The van der Waals surface area contributed by atoms with E-state index in [0.29, 0.717) is 17.7 Å². The Labute approximate surface area is 137 Å². The van der Waals surface area contributed by atoms with Gasteiger partial charge in [-0.15, -0.1) is 23.2 Å². The number of ether oxygens (including phenoxy) is 1. The van der Waals surface area contributed by atoms with E-state index in [1.165, 1.54) is 0 Å². The van der Waals surface area contributed by atoms with Crippen LogP contribution in [-0.4, -0.2) is 22.8 Å².